The maximum atomic E-state index is 14.3. The molecule has 1 spiro atoms. The normalized spacial score (nSPS) is 18.6. The number of phenols is 1. The number of esters is 1. The number of amides is 3. The van der Waals surface area contributed by atoms with Gasteiger partial charge in [-0.2, -0.15) is 5.48 Å². The molecule has 6 N–H and O–H groups in total. The molecule has 0 bridgehead atoms. The van der Waals surface area contributed by atoms with Crippen molar-refractivity contribution in [3.8, 4) is 5.75 Å². The van der Waals surface area contributed by atoms with Gasteiger partial charge in [0.2, 0.25) is 5.91 Å². The zero-order chi connectivity index (χ0) is 33.6. The number of nitrogens with two attached hydrogens (primary N) is 2. The summed E-state index contributed by atoms with van der Waals surface area (Å²) in [6.07, 6.45) is 0.126. The molecule has 3 amide bonds. The highest BCUT2D eigenvalue weighted by Crippen LogP contribution is 2.38. The standard InChI is InChI=1S/C34H37N5O8/c35-27(18-23-11-13-26(40)14-12-23)30(42)46-33(45)39-16-6-15-34(39)19-24-9-4-5-10-25(24)20-38(32(34)44)21-29(41)37-47-31(43)28(36)17-22-7-2-1-3-8-22/h1-5,7-14,27-28,40H,6,15-21,35-36H2,(H,37,41)/t27-,28-,34+/m0/s1. The van der Waals surface area contributed by atoms with Gasteiger partial charge in [0, 0.05) is 19.5 Å². The van der Waals surface area contributed by atoms with E-state index < -0.39 is 54.0 Å². The van der Waals surface area contributed by atoms with Gasteiger partial charge in [-0.1, -0.05) is 66.7 Å². The minimum absolute atomic E-state index is 0.0598. The average Bonchev–Trinajstić information content (AvgIpc) is 3.45. The molecule has 3 aromatic rings. The molecule has 1 saturated heterocycles. The minimum Gasteiger partial charge on any atom is -0.508 e. The van der Waals surface area contributed by atoms with E-state index in [9.17, 15) is 29.1 Å². The lowest BCUT2D eigenvalue weighted by atomic mass is 9.87. The maximum absolute atomic E-state index is 14.3. The summed E-state index contributed by atoms with van der Waals surface area (Å²) in [5.41, 5.74) is 15.7. The number of nitrogens with zero attached hydrogens (tertiary/aromatic N) is 2. The quantitative estimate of drug-likeness (QED) is 0.159. The highest BCUT2D eigenvalue weighted by atomic mass is 16.7. The van der Waals surface area contributed by atoms with Gasteiger partial charge in [-0.3, -0.25) is 14.5 Å². The number of ether oxygens (including phenoxy) is 1. The lowest BCUT2D eigenvalue weighted by molar-refractivity contribution is -0.161. The summed E-state index contributed by atoms with van der Waals surface area (Å²) in [6, 6.07) is 20.3. The number of carbonyl (C=O) groups is 5. The number of benzene rings is 3. The second-order valence-electron chi connectivity index (χ2n) is 11.8. The van der Waals surface area contributed by atoms with Crippen LogP contribution in [0.25, 0.3) is 0 Å². The van der Waals surface area contributed by atoms with Crippen molar-refractivity contribution in [3.05, 3.63) is 101 Å². The van der Waals surface area contributed by atoms with E-state index in [2.05, 4.69) is 5.48 Å². The van der Waals surface area contributed by atoms with Crippen molar-refractivity contribution >= 4 is 29.8 Å². The van der Waals surface area contributed by atoms with Crippen molar-refractivity contribution in [1.82, 2.24) is 15.3 Å². The predicted molar refractivity (Wildman–Crippen MR) is 168 cm³/mol. The van der Waals surface area contributed by atoms with Crippen molar-refractivity contribution in [2.75, 3.05) is 13.1 Å². The molecule has 2 aliphatic rings. The van der Waals surface area contributed by atoms with Crippen LogP contribution >= 0.6 is 0 Å². The van der Waals surface area contributed by atoms with Gasteiger partial charge in [0.15, 0.2) is 0 Å². The SMILES string of the molecule is N[C@@H](Cc1ccccc1)C(=O)ONC(=O)CN1Cc2ccccc2C[C@]2(CCCN2C(=O)OC(=O)[C@@H](N)Cc2ccc(O)cc2)C1=O. The number of aromatic hydroxyl groups is 1. The van der Waals surface area contributed by atoms with Crippen LogP contribution in [0.3, 0.4) is 0 Å². The first-order chi connectivity index (χ1) is 22.6. The Hall–Kier alpha value is -5.27. The van der Waals surface area contributed by atoms with Gasteiger partial charge in [-0.25, -0.2) is 14.4 Å². The maximum Gasteiger partial charge on any atom is 0.418 e. The second kappa shape index (κ2) is 14.4. The van der Waals surface area contributed by atoms with E-state index in [0.717, 1.165) is 16.7 Å². The number of fused-ring (bicyclic) bond motifs is 1. The predicted octanol–water partition coefficient (Wildman–Crippen LogP) is 1.49. The molecule has 1 fully saturated rings. The van der Waals surface area contributed by atoms with Crippen molar-refractivity contribution in [2.24, 2.45) is 11.5 Å². The van der Waals surface area contributed by atoms with Crippen LogP contribution in [0.1, 0.15) is 35.1 Å². The Kier molecular flexibility index (Phi) is 10.2. The molecule has 0 aromatic heterocycles. The van der Waals surface area contributed by atoms with Crippen LogP contribution in [-0.2, 0) is 54.6 Å². The van der Waals surface area contributed by atoms with E-state index in [0.29, 0.717) is 12.0 Å². The molecule has 0 saturated carbocycles. The summed E-state index contributed by atoms with van der Waals surface area (Å²) in [6.45, 7) is -0.273. The van der Waals surface area contributed by atoms with Crippen LogP contribution in [0, 0.1) is 0 Å². The number of carbonyl (C=O) groups excluding carboxylic acids is 5. The summed E-state index contributed by atoms with van der Waals surface area (Å²) >= 11 is 0. The molecule has 246 valence electrons. The number of nitrogens with one attached hydrogen (secondary N) is 1. The van der Waals surface area contributed by atoms with Crippen molar-refractivity contribution in [2.45, 2.75) is 56.3 Å². The van der Waals surface area contributed by atoms with Crippen molar-refractivity contribution in [1.29, 1.82) is 0 Å². The fourth-order valence-corrected chi connectivity index (χ4v) is 6.05. The largest absolute Gasteiger partial charge is 0.508 e. The van der Waals surface area contributed by atoms with Gasteiger partial charge in [0.1, 0.15) is 29.9 Å². The van der Waals surface area contributed by atoms with Gasteiger partial charge in [0.05, 0.1) is 0 Å². The number of hydrogen-bond donors (Lipinski definition) is 4. The average molecular weight is 644 g/mol. The molecule has 2 heterocycles. The Morgan fingerprint density at radius 2 is 1.47 bits per heavy atom. The third-order valence-electron chi connectivity index (χ3n) is 8.44. The van der Waals surface area contributed by atoms with Gasteiger partial charge < -0.3 is 31.0 Å². The topological polar surface area (TPSA) is 195 Å². The zero-order valence-electron chi connectivity index (χ0n) is 25.7. The summed E-state index contributed by atoms with van der Waals surface area (Å²) in [5, 5.41) is 9.49. The fourth-order valence-electron chi connectivity index (χ4n) is 6.05. The molecule has 0 unspecified atom stereocenters. The highest BCUT2D eigenvalue weighted by Gasteiger charge is 2.54. The van der Waals surface area contributed by atoms with Crippen LogP contribution < -0.4 is 16.9 Å². The highest BCUT2D eigenvalue weighted by molar-refractivity contribution is 5.96. The Morgan fingerprint density at radius 3 is 2.17 bits per heavy atom. The Morgan fingerprint density at radius 1 is 0.851 bits per heavy atom. The molecule has 0 radical (unpaired) electrons. The Balaban J connectivity index is 1.27. The summed E-state index contributed by atoms with van der Waals surface area (Å²) < 4.78 is 5.20. The third-order valence-corrected chi connectivity index (χ3v) is 8.44. The molecule has 3 aromatic carbocycles. The number of phenolic OH excluding ortho intramolecular Hbond substituents is 1. The Labute approximate surface area is 271 Å². The van der Waals surface area contributed by atoms with Crippen LogP contribution in [0.15, 0.2) is 78.9 Å². The van der Waals surface area contributed by atoms with Crippen LogP contribution in [0.2, 0.25) is 0 Å². The van der Waals surface area contributed by atoms with E-state index in [1.54, 1.807) is 12.1 Å². The monoisotopic (exact) mass is 643 g/mol. The molecule has 5 rings (SSSR count). The molecular weight excluding hydrogens is 606 g/mol. The number of hydrogen-bond acceptors (Lipinski definition) is 10. The Bertz CT molecular complexity index is 1630. The van der Waals surface area contributed by atoms with Crippen molar-refractivity contribution in [3.63, 3.8) is 0 Å². The zero-order valence-corrected chi connectivity index (χ0v) is 25.7. The number of rotatable bonds is 8. The molecule has 0 aliphatic carbocycles. The molecule has 2 aliphatic heterocycles. The van der Waals surface area contributed by atoms with E-state index in [1.807, 2.05) is 54.6 Å². The van der Waals surface area contributed by atoms with Crippen LogP contribution in [-0.4, -0.2) is 75.5 Å². The van der Waals surface area contributed by atoms with E-state index in [-0.39, 0.29) is 44.5 Å². The first kappa shape index (κ1) is 33.1. The van der Waals surface area contributed by atoms with Crippen molar-refractivity contribution < 1.29 is 38.7 Å². The van der Waals surface area contributed by atoms with Crippen LogP contribution in [0.4, 0.5) is 4.79 Å². The molecule has 47 heavy (non-hydrogen) atoms. The number of hydroxylamine groups is 1. The van der Waals surface area contributed by atoms with Gasteiger partial charge in [-0.15, -0.1) is 0 Å². The number of likely N-dealkylation sites (tertiary alicyclic amines) is 1. The lowest BCUT2D eigenvalue weighted by Crippen LogP contribution is -2.60. The van der Waals surface area contributed by atoms with Gasteiger partial charge >= 0.3 is 18.0 Å². The third kappa shape index (κ3) is 7.76. The fraction of sp³-hybridized carbons (Fsp3) is 0.324. The van der Waals surface area contributed by atoms with E-state index >= 15 is 0 Å². The first-order valence-electron chi connectivity index (χ1n) is 15.3. The molecular formula is C34H37N5O8. The van der Waals surface area contributed by atoms with Crippen LogP contribution in [0.5, 0.6) is 5.75 Å². The van der Waals surface area contributed by atoms with E-state index in [1.165, 1.54) is 21.9 Å². The van der Waals surface area contributed by atoms with Gasteiger partial charge in [-0.05, 0) is 60.1 Å². The van der Waals surface area contributed by atoms with E-state index in [4.69, 9.17) is 21.0 Å². The summed E-state index contributed by atoms with van der Waals surface area (Å²) in [5.74, 6) is -3.02. The summed E-state index contributed by atoms with van der Waals surface area (Å²) in [4.78, 5) is 73.5. The molecule has 13 heteroatoms. The lowest BCUT2D eigenvalue weighted by Gasteiger charge is -2.38. The molecule has 13 nitrogen and oxygen atoms in total. The van der Waals surface area contributed by atoms with Gasteiger partial charge in [0.25, 0.3) is 5.91 Å². The second-order valence-corrected chi connectivity index (χ2v) is 11.8. The smallest absolute Gasteiger partial charge is 0.418 e. The summed E-state index contributed by atoms with van der Waals surface area (Å²) in [7, 11) is 0. The first-order valence-corrected chi connectivity index (χ1v) is 15.3. The minimum atomic E-state index is -1.43. The molecule has 3 atom stereocenters.